The molecule has 0 amide bonds. The Bertz CT molecular complexity index is 526. The number of aryl methyl sites for hydroxylation is 2. The van der Waals surface area contributed by atoms with Crippen molar-refractivity contribution in [1.29, 1.82) is 0 Å². The topological polar surface area (TPSA) is 71.1 Å². The molecule has 2 N–H and O–H groups in total. The van der Waals surface area contributed by atoms with E-state index < -0.39 is 15.3 Å². The van der Waals surface area contributed by atoms with Crippen LogP contribution in [0.25, 0.3) is 0 Å². The molecule has 5 nitrogen and oxygen atoms in total. The van der Waals surface area contributed by atoms with Crippen molar-refractivity contribution in [2.24, 2.45) is 0 Å². The zero-order chi connectivity index (χ0) is 15.3. The molecule has 2 unspecified atom stereocenters. The van der Waals surface area contributed by atoms with E-state index in [1.54, 1.807) is 18.3 Å². The van der Waals surface area contributed by atoms with Gasteiger partial charge in [0.05, 0.1) is 22.0 Å². The Hall–Kier alpha value is -0.500. The summed E-state index contributed by atoms with van der Waals surface area (Å²) in [5, 5.41) is 3.65. The molecular weight excluding hydrogens is 294 g/mol. The summed E-state index contributed by atoms with van der Waals surface area (Å²) < 4.78 is 27.3. The summed E-state index contributed by atoms with van der Waals surface area (Å²) in [6.45, 7) is 10.8. The van der Waals surface area contributed by atoms with Crippen LogP contribution in [0.3, 0.4) is 0 Å². The average Bonchev–Trinajstić information content (AvgIpc) is 2.68. The Balaban J connectivity index is 2.68. The number of hydrogen-bond donors (Lipinski definition) is 2. The number of nitrogens with one attached hydrogen (secondary N) is 2. The Kier molecular flexibility index (Phi) is 6.57. The van der Waals surface area contributed by atoms with Crippen LogP contribution >= 0.6 is 11.3 Å². The second kappa shape index (κ2) is 7.49. The molecule has 0 aliphatic rings. The quantitative estimate of drug-likeness (QED) is 0.720. The Morgan fingerprint density at radius 1 is 1.30 bits per heavy atom. The number of hydrogen-bond acceptors (Lipinski definition) is 5. The fraction of sp³-hybridized carbons (Fsp3) is 0.769. The molecule has 20 heavy (non-hydrogen) atoms. The lowest BCUT2D eigenvalue weighted by molar-refractivity contribution is 0.545. The molecule has 0 bridgehead atoms. The van der Waals surface area contributed by atoms with Gasteiger partial charge in [-0.1, -0.05) is 6.92 Å². The summed E-state index contributed by atoms with van der Waals surface area (Å²) in [6.07, 6.45) is 0.996. The third-order valence-corrected chi connectivity index (χ3v) is 6.23. The summed E-state index contributed by atoms with van der Waals surface area (Å²) in [5.74, 6) is 0. The maximum Gasteiger partial charge on any atom is 0.216 e. The van der Waals surface area contributed by atoms with Crippen LogP contribution in [0.2, 0.25) is 0 Å². The van der Waals surface area contributed by atoms with Crippen LogP contribution in [0.1, 0.15) is 48.8 Å². The molecule has 1 heterocycles. The minimum Gasteiger partial charge on any atom is -0.315 e. The first-order valence-electron chi connectivity index (χ1n) is 6.93. The molecule has 0 saturated carbocycles. The molecule has 0 aliphatic carbocycles. The molecule has 116 valence electrons. The van der Waals surface area contributed by atoms with Crippen molar-refractivity contribution in [3.63, 3.8) is 0 Å². The molecule has 2 atom stereocenters. The van der Waals surface area contributed by atoms with Gasteiger partial charge in [0, 0.05) is 11.4 Å². The SMILES string of the molecule is CCCNCC(C)S(=O)(=O)NC(C)c1sc(C)nc1C. The van der Waals surface area contributed by atoms with Gasteiger partial charge in [-0.3, -0.25) is 0 Å². The van der Waals surface area contributed by atoms with Gasteiger partial charge in [-0.25, -0.2) is 18.1 Å². The van der Waals surface area contributed by atoms with Gasteiger partial charge < -0.3 is 5.32 Å². The fourth-order valence-corrected chi connectivity index (χ4v) is 4.14. The van der Waals surface area contributed by atoms with Gasteiger partial charge in [-0.2, -0.15) is 0 Å². The highest BCUT2D eigenvalue weighted by Crippen LogP contribution is 2.25. The Labute approximate surface area is 126 Å². The van der Waals surface area contributed by atoms with Crippen LogP contribution in [0.15, 0.2) is 0 Å². The van der Waals surface area contributed by atoms with Gasteiger partial charge in [-0.05, 0) is 40.7 Å². The molecule has 0 fully saturated rings. The van der Waals surface area contributed by atoms with Crippen LogP contribution in [0.4, 0.5) is 0 Å². The summed E-state index contributed by atoms with van der Waals surface area (Å²) in [5.41, 5.74) is 0.902. The third-order valence-electron chi connectivity index (χ3n) is 3.06. The van der Waals surface area contributed by atoms with Crippen molar-refractivity contribution in [2.45, 2.75) is 52.3 Å². The largest absolute Gasteiger partial charge is 0.315 e. The highest BCUT2D eigenvalue weighted by Gasteiger charge is 2.24. The van der Waals surface area contributed by atoms with Gasteiger partial charge in [0.1, 0.15) is 0 Å². The smallest absolute Gasteiger partial charge is 0.216 e. The van der Waals surface area contributed by atoms with Crippen molar-refractivity contribution in [3.05, 3.63) is 15.6 Å². The lowest BCUT2D eigenvalue weighted by Gasteiger charge is -2.18. The highest BCUT2D eigenvalue weighted by molar-refractivity contribution is 7.90. The molecule has 1 rings (SSSR count). The van der Waals surface area contributed by atoms with E-state index in [1.165, 1.54) is 0 Å². The van der Waals surface area contributed by atoms with Gasteiger partial charge >= 0.3 is 0 Å². The van der Waals surface area contributed by atoms with Crippen molar-refractivity contribution in [1.82, 2.24) is 15.0 Å². The van der Waals surface area contributed by atoms with Crippen LogP contribution in [-0.2, 0) is 10.0 Å². The molecule has 0 aliphatic heterocycles. The van der Waals surface area contributed by atoms with Gasteiger partial charge in [0.2, 0.25) is 10.0 Å². The second-order valence-corrected chi connectivity index (χ2v) is 8.45. The molecule has 0 radical (unpaired) electrons. The summed E-state index contributed by atoms with van der Waals surface area (Å²) in [4.78, 5) is 5.32. The fourth-order valence-electron chi connectivity index (χ4n) is 1.96. The normalized spacial score (nSPS) is 15.2. The molecular formula is C13H25N3O2S2. The number of thiazole rings is 1. The molecule has 0 saturated heterocycles. The predicted molar refractivity (Wildman–Crippen MR) is 84.7 cm³/mol. The van der Waals surface area contributed by atoms with Crippen molar-refractivity contribution < 1.29 is 8.42 Å². The van der Waals surface area contributed by atoms with Crippen LogP contribution in [-0.4, -0.2) is 31.7 Å². The van der Waals surface area contributed by atoms with E-state index in [2.05, 4.69) is 21.9 Å². The van der Waals surface area contributed by atoms with E-state index in [-0.39, 0.29) is 6.04 Å². The molecule has 1 aromatic heterocycles. The van der Waals surface area contributed by atoms with Crippen LogP contribution in [0.5, 0.6) is 0 Å². The van der Waals surface area contributed by atoms with Crippen LogP contribution in [0, 0.1) is 13.8 Å². The number of aromatic nitrogens is 1. The van der Waals surface area contributed by atoms with Crippen LogP contribution < -0.4 is 10.0 Å². The maximum absolute atomic E-state index is 12.3. The van der Waals surface area contributed by atoms with Gasteiger partial charge in [-0.15, -0.1) is 11.3 Å². The Morgan fingerprint density at radius 2 is 1.95 bits per heavy atom. The maximum atomic E-state index is 12.3. The first kappa shape index (κ1) is 17.6. The van der Waals surface area contributed by atoms with E-state index in [4.69, 9.17) is 0 Å². The number of nitrogens with zero attached hydrogens (tertiary/aromatic N) is 1. The lowest BCUT2D eigenvalue weighted by atomic mass is 10.2. The molecule has 0 aromatic carbocycles. The first-order valence-corrected chi connectivity index (χ1v) is 9.30. The van der Waals surface area contributed by atoms with Gasteiger partial charge in [0.15, 0.2) is 0 Å². The van der Waals surface area contributed by atoms with Crippen molar-refractivity contribution >= 4 is 21.4 Å². The number of rotatable bonds is 8. The molecule has 0 spiro atoms. The standard InChI is InChI=1S/C13H25N3O2S2/c1-6-7-14-8-9(2)20(17,18)16-11(4)13-10(3)15-12(5)19-13/h9,11,14,16H,6-8H2,1-5H3. The zero-order valence-electron chi connectivity index (χ0n) is 12.9. The predicted octanol–water partition coefficient (Wildman–Crippen LogP) is 2.13. The average molecular weight is 319 g/mol. The van der Waals surface area contributed by atoms with E-state index in [1.807, 2.05) is 20.8 Å². The van der Waals surface area contributed by atoms with E-state index in [9.17, 15) is 8.42 Å². The first-order chi connectivity index (χ1) is 9.27. The zero-order valence-corrected chi connectivity index (χ0v) is 14.5. The van der Waals surface area contributed by atoms with Gasteiger partial charge in [0.25, 0.3) is 0 Å². The molecule has 7 heteroatoms. The summed E-state index contributed by atoms with van der Waals surface area (Å²) in [6, 6.07) is -0.236. The van der Waals surface area contributed by atoms with Crippen molar-refractivity contribution in [2.75, 3.05) is 13.1 Å². The summed E-state index contributed by atoms with van der Waals surface area (Å²) >= 11 is 1.54. The monoisotopic (exact) mass is 319 g/mol. The van der Waals surface area contributed by atoms with E-state index in [0.717, 1.165) is 28.5 Å². The lowest BCUT2D eigenvalue weighted by Crippen LogP contribution is -2.40. The van der Waals surface area contributed by atoms with E-state index >= 15 is 0 Å². The second-order valence-electron chi connectivity index (χ2n) is 5.08. The highest BCUT2D eigenvalue weighted by atomic mass is 32.2. The minimum absolute atomic E-state index is 0.236. The van der Waals surface area contributed by atoms with Crippen molar-refractivity contribution in [3.8, 4) is 0 Å². The third kappa shape index (κ3) is 4.80. The minimum atomic E-state index is -3.33. The van der Waals surface area contributed by atoms with E-state index in [0.29, 0.717) is 6.54 Å². The Morgan fingerprint density at radius 3 is 2.45 bits per heavy atom. The molecule has 1 aromatic rings. The summed E-state index contributed by atoms with van der Waals surface area (Å²) in [7, 11) is -3.33. The number of sulfonamides is 1.